The Morgan fingerprint density at radius 3 is 2.72 bits per heavy atom. The average Bonchev–Trinajstić information content (AvgIpc) is 2.58. The van der Waals surface area contributed by atoms with E-state index in [4.69, 9.17) is 21.7 Å². The van der Waals surface area contributed by atoms with Crippen molar-refractivity contribution in [2.24, 2.45) is 0 Å². The molecule has 6 nitrogen and oxygen atoms in total. The number of hydrogen-bond acceptors (Lipinski definition) is 5. The molecular weight excluding hydrogens is 340 g/mol. The van der Waals surface area contributed by atoms with Crippen LogP contribution in [-0.4, -0.2) is 41.3 Å². The highest BCUT2D eigenvalue weighted by molar-refractivity contribution is 7.80. The van der Waals surface area contributed by atoms with Crippen LogP contribution in [0.3, 0.4) is 0 Å². The van der Waals surface area contributed by atoms with Crippen molar-refractivity contribution < 1.29 is 19.4 Å². The Hall–Kier alpha value is -2.28. The highest BCUT2D eigenvalue weighted by Gasteiger charge is 2.34. The van der Waals surface area contributed by atoms with E-state index in [1.807, 2.05) is 11.8 Å². The van der Waals surface area contributed by atoms with E-state index in [1.165, 1.54) is 13.2 Å². The number of nitrogens with zero attached hydrogens (tertiary/aromatic N) is 1. The Morgan fingerprint density at radius 1 is 1.40 bits per heavy atom. The monoisotopic (exact) mass is 364 g/mol. The van der Waals surface area contributed by atoms with Crippen LogP contribution < -0.4 is 10.1 Å². The number of ether oxygens (including phenoxy) is 2. The Bertz CT molecular complexity index is 702. The molecule has 0 amide bonds. The number of nitrogens with one attached hydrogen (secondary N) is 1. The Balaban J connectivity index is 2.54. The van der Waals surface area contributed by atoms with Crippen molar-refractivity contribution in [2.75, 3.05) is 20.3 Å². The van der Waals surface area contributed by atoms with Gasteiger partial charge in [-0.1, -0.05) is 13.0 Å². The van der Waals surface area contributed by atoms with Gasteiger partial charge in [0, 0.05) is 12.2 Å². The number of phenols is 1. The molecule has 1 aromatic carbocycles. The molecule has 25 heavy (non-hydrogen) atoms. The lowest BCUT2D eigenvalue weighted by atomic mass is 9.94. The van der Waals surface area contributed by atoms with Gasteiger partial charge in [-0.05, 0) is 50.2 Å². The number of thiocarbonyl (C=S) groups is 1. The van der Waals surface area contributed by atoms with Crippen LogP contribution in [0.2, 0.25) is 0 Å². The molecule has 1 heterocycles. The molecular formula is C18H24N2O4S. The van der Waals surface area contributed by atoms with Crippen LogP contribution in [-0.2, 0) is 9.53 Å². The number of esters is 1. The SMILES string of the molecule is CCCN1C(=S)NC(c2ccc(O)c(OC)c2)C(C(=O)OCC)=C1C. The van der Waals surface area contributed by atoms with Crippen molar-refractivity contribution in [3.8, 4) is 11.5 Å². The fraction of sp³-hybridized carbons (Fsp3) is 0.444. The van der Waals surface area contributed by atoms with Crippen molar-refractivity contribution >= 4 is 23.3 Å². The van der Waals surface area contributed by atoms with Gasteiger partial charge in [-0.2, -0.15) is 0 Å². The molecule has 0 radical (unpaired) electrons. The first-order valence-corrected chi connectivity index (χ1v) is 8.68. The van der Waals surface area contributed by atoms with Gasteiger partial charge in [-0.3, -0.25) is 0 Å². The van der Waals surface area contributed by atoms with Gasteiger partial charge < -0.3 is 24.8 Å². The van der Waals surface area contributed by atoms with Crippen molar-refractivity contribution in [3.05, 3.63) is 35.0 Å². The minimum Gasteiger partial charge on any atom is -0.504 e. The topological polar surface area (TPSA) is 71.0 Å². The first-order valence-electron chi connectivity index (χ1n) is 8.27. The fourth-order valence-electron chi connectivity index (χ4n) is 2.87. The third-order valence-electron chi connectivity index (χ3n) is 4.08. The standard InChI is InChI=1S/C18H24N2O4S/c1-5-9-20-11(3)15(17(22)24-6-2)16(19-18(20)25)12-7-8-13(21)14(10-12)23-4/h7-8,10,16,21H,5-6,9H2,1-4H3,(H,19,25). The smallest absolute Gasteiger partial charge is 0.338 e. The summed E-state index contributed by atoms with van der Waals surface area (Å²) < 4.78 is 10.4. The molecule has 7 heteroatoms. The normalized spacial score (nSPS) is 17.4. The number of hydrogen-bond donors (Lipinski definition) is 2. The predicted molar refractivity (Wildman–Crippen MR) is 99.5 cm³/mol. The maximum atomic E-state index is 12.6. The highest BCUT2D eigenvalue weighted by Crippen LogP contribution is 2.35. The first-order chi connectivity index (χ1) is 11.9. The maximum absolute atomic E-state index is 12.6. The number of phenolic OH excluding ortho intramolecular Hbond substituents is 1. The average molecular weight is 364 g/mol. The van der Waals surface area contributed by atoms with Gasteiger partial charge in [0.15, 0.2) is 16.6 Å². The second kappa shape index (κ2) is 8.20. The Kier molecular flexibility index (Phi) is 6.25. The fourth-order valence-corrected chi connectivity index (χ4v) is 3.22. The molecule has 0 saturated carbocycles. The van der Waals surface area contributed by atoms with Crippen LogP contribution in [0.4, 0.5) is 0 Å². The summed E-state index contributed by atoms with van der Waals surface area (Å²) in [6.07, 6.45) is 0.896. The van der Waals surface area contributed by atoms with Crippen LogP contribution in [0, 0.1) is 0 Å². The molecule has 1 atom stereocenters. The second-order valence-electron chi connectivity index (χ2n) is 5.68. The van der Waals surface area contributed by atoms with Gasteiger partial charge in [0.05, 0.1) is 25.3 Å². The minimum absolute atomic E-state index is 0.0376. The summed E-state index contributed by atoms with van der Waals surface area (Å²) in [7, 11) is 1.48. The van der Waals surface area contributed by atoms with Crippen molar-refractivity contribution in [3.63, 3.8) is 0 Å². The molecule has 1 aliphatic rings. The van der Waals surface area contributed by atoms with Gasteiger partial charge in [0.1, 0.15) is 0 Å². The van der Waals surface area contributed by atoms with Gasteiger partial charge in [-0.15, -0.1) is 0 Å². The minimum atomic E-state index is -0.464. The summed E-state index contributed by atoms with van der Waals surface area (Å²) in [6, 6.07) is 4.50. The summed E-state index contributed by atoms with van der Waals surface area (Å²) in [5, 5.41) is 13.6. The summed E-state index contributed by atoms with van der Waals surface area (Å²) in [4.78, 5) is 14.5. The number of allylic oxidation sites excluding steroid dienone is 1. The van der Waals surface area contributed by atoms with Crippen LogP contribution >= 0.6 is 12.2 Å². The van der Waals surface area contributed by atoms with E-state index in [-0.39, 0.29) is 11.7 Å². The molecule has 0 aromatic heterocycles. The Labute approximate surface area is 153 Å². The zero-order valence-electron chi connectivity index (χ0n) is 15.0. The largest absolute Gasteiger partial charge is 0.504 e. The quantitative estimate of drug-likeness (QED) is 0.594. The van der Waals surface area contributed by atoms with Gasteiger partial charge in [0.2, 0.25) is 0 Å². The third-order valence-corrected chi connectivity index (χ3v) is 4.41. The molecule has 0 aliphatic carbocycles. The molecule has 0 bridgehead atoms. The summed E-state index contributed by atoms with van der Waals surface area (Å²) >= 11 is 5.49. The number of carbonyl (C=O) groups excluding carboxylic acids is 1. The van der Waals surface area contributed by atoms with E-state index in [0.717, 1.165) is 17.7 Å². The van der Waals surface area contributed by atoms with Crippen molar-refractivity contribution in [1.82, 2.24) is 10.2 Å². The summed E-state index contributed by atoms with van der Waals surface area (Å²) in [5.74, 6) is -0.00848. The first kappa shape index (κ1) is 19.1. The zero-order valence-corrected chi connectivity index (χ0v) is 15.8. The van der Waals surface area contributed by atoms with Crippen LogP contribution in [0.15, 0.2) is 29.5 Å². The molecule has 0 fully saturated rings. The molecule has 136 valence electrons. The molecule has 1 aliphatic heterocycles. The predicted octanol–water partition coefficient (Wildman–Crippen LogP) is 2.88. The van der Waals surface area contributed by atoms with E-state index >= 15 is 0 Å². The van der Waals surface area contributed by atoms with Gasteiger partial charge in [-0.25, -0.2) is 4.79 Å². The van der Waals surface area contributed by atoms with Crippen molar-refractivity contribution in [2.45, 2.75) is 33.2 Å². The molecule has 1 unspecified atom stereocenters. The third kappa shape index (κ3) is 3.87. The summed E-state index contributed by atoms with van der Waals surface area (Å²) in [5.41, 5.74) is 2.05. The maximum Gasteiger partial charge on any atom is 0.338 e. The van der Waals surface area contributed by atoms with E-state index in [9.17, 15) is 9.90 Å². The number of carbonyl (C=O) groups is 1. The van der Waals surface area contributed by atoms with Crippen molar-refractivity contribution in [1.29, 1.82) is 0 Å². The molecule has 1 aromatic rings. The molecule has 0 saturated heterocycles. The Morgan fingerprint density at radius 2 is 2.12 bits per heavy atom. The van der Waals surface area contributed by atoms with E-state index < -0.39 is 6.04 Å². The molecule has 2 rings (SSSR count). The zero-order chi connectivity index (χ0) is 18.6. The number of aromatic hydroxyl groups is 1. The van der Waals surface area contributed by atoms with Crippen LogP contribution in [0.25, 0.3) is 0 Å². The number of methoxy groups -OCH3 is 1. The van der Waals surface area contributed by atoms with Gasteiger partial charge in [0.25, 0.3) is 0 Å². The van der Waals surface area contributed by atoms with E-state index in [2.05, 4.69) is 12.2 Å². The lowest BCUT2D eigenvalue weighted by Gasteiger charge is -2.37. The number of benzene rings is 1. The lowest BCUT2D eigenvalue weighted by Crippen LogP contribution is -2.48. The highest BCUT2D eigenvalue weighted by atomic mass is 32.1. The van der Waals surface area contributed by atoms with Crippen LogP contribution in [0.5, 0.6) is 11.5 Å². The van der Waals surface area contributed by atoms with E-state index in [0.29, 0.717) is 29.6 Å². The lowest BCUT2D eigenvalue weighted by molar-refractivity contribution is -0.139. The molecule has 0 spiro atoms. The summed E-state index contributed by atoms with van der Waals surface area (Å²) in [6.45, 7) is 6.71. The van der Waals surface area contributed by atoms with Gasteiger partial charge >= 0.3 is 5.97 Å². The van der Waals surface area contributed by atoms with Crippen LogP contribution in [0.1, 0.15) is 38.8 Å². The van der Waals surface area contributed by atoms with E-state index in [1.54, 1.807) is 19.1 Å². The second-order valence-corrected chi connectivity index (χ2v) is 6.07. The molecule has 2 N–H and O–H groups in total. The number of rotatable bonds is 6.